The Labute approximate surface area is 168 Å². The third kappa shape index (κ3) is 5.02. The van der Waals surface area contributed by atoms with Crippen molar-refractivity contribution in [3.63, 3.8) is 0 Å². The van der Waals surface area contributed by atoms with Crippen LogP contribution < -0.4 is 14.3 Å². The molecule has 0 unspecified atom stereocenters. The van der Waals surface area contributed by atoms with Gasteiger partial charge in [0.1, 0.15) is 10.6 Å². The van der Waals surface area contributed by atoms with Gasteiger partial charge in [0, 0.05) is 6.20 Å². The Morgan fingerprint density at radius 1 is 1.10 bits per heavy atom. The number of hydrogen-bond acceptors (Lipinski definition) is 6. The Balaban J connectivity index is 1.74. The number of rotatable bonds is 7. The van der Waals surface area contributed by atoms with E-state index in [1.54, 1.807) is 42.6 Å². The topological polar surface area (TPSA) is 110 Å². The molecule has 1 amide bonds. The monoisotopic (exact) mass is 413 g/mol. The van der Waals surface area contributed by atoms with Gasteiger partial charge in [-0.1, -0.05) is 17.7 Å². The third-order valence-corrected chi connectivity index (χ3v) is 5.17. The van der Waals surface area contributed by atoms with Crippen molar-refractivity contribution in [3.05, 3.63) is 77.6 Å². The van der Waals surface area contributed by atoms with Gasteiger partial charge in [-0.25, -0.2) is 5.43 Å². The van der Waals surface area contributed by atoms with Crippen molar-refractivity contribution in [2.24, 2.45) is 5.10 Å². The number of methoxy groups -OCH3 is 1. The fourth-order valence-corrected chi connectivity index (χ4v) is 3.34. The molecule has 0 spiro atoms. The molecule has 0 aliphatic carbocycles. The lowest BCUT2D eigenvalue weighted by Gasteiger charge is -2.11. The number of nitrogens with zero attached hydrogens (tertiary/aromatic N) is 1. The van der Waals surface area contributed by atoms with Crippen LogP contribution in [0.5, 0.6) is 11.5 Å². The zero-order valence-corrected chi connectivity index (χ0v) is 16.6. The number of carbonyl (C=O) groups is 1. The Bertz CT molecular complexity index is 1120. The first-order chi connectivity index (χ1) is 13.9. The SMILES string of the molecule is COc1cc(/C=N\NC(=O)c2ccc[nH]2)ccc1OS(=O)(=O)c1ccc(C)cc1. The molecule has 0 fully saturated rings. The normalized spacial score (nSPS) is 11.4. The number of nitrogens with one attached hydrogen (secondary N) is 2. The Morgan fingerprint density at radius 3 is 2.52 bits per heavy atom. The highest BCUT2D eigenvalue weighted by atomic mass is 32.2. The van der Waals surface area contributed by atoms with Gasteiger partial charge >= 0.3 is 10.1 Å². The lowest BCUT2D eigenvalue weighted by Crippen LogP contribution is -2.17. The molecule has 150 valence electrons. The molecular formula is C20H19N3O5S. The fourth-order valence-electron chi connectivity index (χ4n) is 2.40. The molecule has 0 aliphatic rings. The number of aromatic nitrogens is 1. The summed E-state index contributed by atoms with van der Waals surface area (Å²) in [6.07, 6.45) is 3.04. The van der Waals surface area contributed by atoms with Gasteiger partial charge in [-0.15, -0.1) is 0 Å². The quantitative estimate of drug-likeness (QED) is 0.352. The first-order valence-electron chi connectivity index (χ1n) is 8.55. The first kappa shape index (κ1) is 20.2. The summed E-state index contributed by atoms with van der Waals surface area (Å²) in [5.74, 6) is -0.136. The number of ether oxygens (including phenoxy) is 1. The highest BCUT2D eigenvalue weighted by molar-refractivity contribution is 7.87. The fraction of sp³-hybridized carbons (Fsp3) is 0.100. The Hall–Kier alpha value is -3.59. The van der Waals surface area contributed by atoms with E-state index in [-0.39, 0.29) is 22.3 Å². The van der Waals surface area contributed by atoms with E-state index >= 15 is 0 Å². The molecule has 2 aromatic carbocycles. The molecular weight excluding hydrogens is 394 g/mol. The molecule has 1 heterocycles. The van der Waals surface area contributed by atoms with Gasteiger partial charge in [0.25, 0.3) is 5.91 Å². The summed E-state index contributed by atoms with van der Waals surface area (Å²) in [5.41, 5.74) is 4.28. The molecule has 0 saturated heterocycles. The van der Waals surface area contributed by atoms with Gasteiger partial charge in [0.15, 0.2) is 11.5 Å². The van der Waals surface area contributed by atoms with Crippen molar-refractivity contribution in [3.8, 4) is 11.5 Å². The van der Waals surface area contributed by atoms with Gasteiger partial charge < -0.3 is 13.9 Å². The molecule has 0 bridgehead atoms. The van der Waals surface area contributed by atoms with Gasteiger partial charge in [0.2, 0.25) is 0 Å². The predicted molar refractivity (Wildman–Crippen MR) is 108 cm³/mol. The highest BCUT2D eigenvalue weighted by Gasteiger charge is 2.19. The molecule has 0 atom stereocenters. The number of hydrazone groups is 1. The number of H-pyrrole nitrogens is 1. The van der Waals surface area contributed by atoms with Gasteiger partial charge in [-0.2, -0.15) is 13.5 Å². The zero-order chi connectivity index (χ0) is 20.9. The van der Waals surface area contributed by atoms with Crippen molar-refractivity contribution in [2.45, 2.75) is 11.8 Å². The largest absolute Gasteiger partial charge is 0.493 e. The second-order valence-electron chi connectivity index (χ2n) is 6.04. The lowest BCUT2D eigenvalue weighted by molar-refractivity contribution is 0.0950. The van der Waals surface area contributed by atoms with E-state index < -0.39 is 10.1 Å². The van der Waals surface area contributed by atoms with Crippen LogP contribution in [0.25, 0.3) is 0 Å². The van der Waals surface area contributed by atoms with Crippen molar-refractivity contribution < 1.29 is 22.1 Å². The van der Waals surface area contributed by atoms with Gasteiger partial charge in [0.05, 0.1) is 13.3 Å². The molecule has 3 aromatic rings. The molecule has 3 rings (SSSR count). The number of aryl methyl sites for hydroxylation is 1. The Kier molecular flexibility index (Phi) is 5.99. The van der Waals surface area contributed by atoms with E-state index in [1.807, 2.05) is 6.92 Å². The summed E-state index contributed by atoms with van der Waals surface area (Å²) >= 11 is 0. The minimum absolute atomic E-state index is 0.0423. The van der Waals surface area contributed by atoms with E-state index in [9.17, 15) is 13.2 Å². The molecule has 29 heavy (non-hydrogen) atoms. The summed E-state index contributed by atoms with van der Waals surface area (Å²) in [6, 6.07) is 14.2. The average Bonchev–Trinajstić information content (AvgIpc) is 3.24. The number of carbonyl (C=O) groups excluding carboxylic acids is 1. The summed E-state index contributed by atoms with van der Waals surface area (Å²) in [5, 5.41) is 3.87. The Morgan fingerprint density at radius 2 is 1.86 bits per heavy atom. The van der Waals surface area contributed by atoms with Crippen molar-refractivity contribution >= 4 is 22.2 Å². The van der Waals surface area contributed by atoms with E-state index in [2.05, 4.69) is 15.5 Å². The molecule has 0 radical (unpaired) electrons. The van der Waals surface area contributed by atoms with Crippen LogP contribution in [0.1, 0.15) is 21.6 Å². The van der Waals surface area contributed by atoms with Crippen LogP contribution in [0.15, 0.2) is 70.8 Å². The van der Waals surface area contributed by atoms with Crippen LogP contribution >= 0.6 is 0 Å². The van der Waals surface area contributed by atoms with Crippen LogP contribution in [0, 0.1) is 6.92 Å². The minimum atomic E-state index is -4.00. The third-order valence-electron chi connectivity index (χ3n) is 3.92. The number of benzene rings is 2. The maximum Gasteiger partial charge on any atom is 0.339 e. The van der Waals surface area contributed by atoms with Crippen LogP contribution in [-0.4, -0.2) is 32.6 Å². The van der Waals surface area contributed by atoms with Gasteiger partial charge in [-0.05, 0) is 55.0 Å². The zero-order valence-electron chi connectivity index (χ0n) is 15.7. The van der Waals surface area contributed by atoms with Crippen molar-refractivity contribution in [1.29, 1.82) is 0 Å². The average molecular weight is 413 g/mol. The summed E-state index contributed by atoms with van der Waals surface area (Å²) < 4.78 is 35.4. The first-order valence-corrected chi connectivity index (χ1v) is 9.96. The minimum Gasteiger partial charge on any atom is -0.493 e. The van der Waals surface area contributed by atoms with Crippen molar-refractivity contribution in [2.75, 3.05) is 7.11 Å². The highest BCUT2D eigenvalue weighted by Crippen LogP contribution is 2.30. The summed E-state index contributed by atoms with van der Waals surface area (Å²) in [7, 11) is -2.61. The number of hydrogen-bond donors (Lipinski definition) is 2. The smallest absolute Gasteiger partial charge is 0.339 e. The number of amides is 1. The van der Waals surface area contributed by atoms with E-state index in [0.717, 1.165) is 5.56 Å². The van der Waals surface area contributed by atoms with Crippen LogP contribution in [0.2, 0.25) is 0 Å². The standard InChI is InChI=1S/C20H19N3O5S/c1-14-5-8-16(9-6-14)29(25,26)28-18-10-7-15(12-19(18)27-2)13-22-23-20(24)17-4-3-11-21-17/h3-13,21H,1-2H3,(H,23,24)/b22-13-. The molecule has 0 saturated carbocycles. The predicted octanol–water partition coefficient (Wildman–Crippen LogP) is 2.86. The molecule has 9 heteroatoms. The second kappa shape index (κ2) is 8.61. The van der Waals surface area contributed by atoms with Crippen LogP contribution in [0.3, 0.4) is 0 Å². The summed E-state index contributed by atoms with van der Waals surface area (Å²) in [4.78, 5) is 14.6. The maximum absolute atomic E-state index is 12.5. The molecule has 2 N–H and O–H groups in total. The second-order valence-corrected chi connectivity index (χ2v) is 7.59. The van der Waals surface area contributed by atoms with E-state index in [0.29, 0.717) is 11.3 Å². The summed E-state index contributed by atoms with van der Waals surface area (Å²) in [6.45, 7) is 1.86. The molecule has 1 aromatic heterocycles. The lowest BCUT2D eigenvalue weighted by atomic mass is 10.2. The van der Waals surface area contributed by atoms with E-state index in [1.165, 1.54) is 31.5 Å². The number of aromatic amines is 1. The van der Waals surface area contributed by atoms with Crippen LogP contribution in [0.4, 0.5) is 0 Å². The van der Waals surface area contributed by atoms with E-state index in [4.69, 9.17) is 8.92 Å². The van der Waals surface area contributed by atoms with Crippen LogP contribution in [-0.2, 0) is 10.1 Å². The maximum atomic E-state index is 12.5. The molecule has 0 aliphatic heterocycles. The van der Waals surface area contributed by atoms with Gasteiger partial charge in [-0.3, -0.25) is 4.79 Å². The van der Waals surface area contributed by atoms with Crippen molar-refractivity contribution in [1.82, 2.24) is 10.4 Å². The molecule has 8 nitrogen and oxygen atoms in total.